The van der Waals surface area contributed by atoms with E-state index < -0.39 is 0 Å². The predicted molar refractivity (Wildman–Crippen MR) is 404 cm³/mol. The molecule has 0 saturated carbocycles. The minimum absolute atomic E-state index is 0.0464. The molecule has 6 aromatic rings. The van der Waals surface area contributed by atoms with E-state index in [9.17, 15) is 10.5 Å². The lowest BCUT2D eigenvalue weighted by atomic mass is 9.81. The zero-order chi connectivity index (χ0) is 65.2. The molecule has 8 rings (SSSR count). The van der Waals surface area contributed by atoms with Gasteiger partial charge in [0, 0.05) is 58.0 Å². The molecule has 2 amide bonds. The van der Waals surface area contributed by atoms with Crippen LogP contribution in [0.1, 0.15) is 264 Å². The number of unbranched alkanes of at least 4 members (excludes halogenated alkanes) is 18. The van der Waals surface area contributed by atoms with Gasteiger partial charge in [-0.25, -0.2) is 0 Å². The number of rotatable bonds is 44. The number of hydrogen-bond acceptors (Lipinski definition) is 10. The molecule has 6 aromatic heterocycles. The molecular formula is C80H104N4O2S6. The Balaban J connectivity index is 1.28. The molecule has 4 unspecified atom stereocenters. The first-order valence-corrected chi connectivity index (χ1v) is 40.6. The van der Waals surface area contributed by atoms with Gasteiger partial charge in [-0.1, -0.05) is 233 Å². The Bertz CT molecular complexity index is 3490. The van der Waals surface area contributed by atoms with E-state index in [0.717, 1.165) is 136 Å². The van der Waals surface area contributed by atoms with Gasteiger partial charge in [0.1, 0.15) is 12.1 Å². The Morgan fingerprint density at radius 3 is 1.50 bits per heavy atom. The largest absolute Gasteiger partial charge is 0.306 e. The first kappa shape index (κ1) is 72.6. The van der Waals surface area contributed by atoms with Crippen molar-refractivity contribution in [3.63, 3.8) is 0 Å². The molecule has 0 N–H and O–H groups in total. The lowest BCUT2D eigenvalue weighted by Gasteiger charge is -2.34. The Labute approximate surface area is 578 Å². The highest BCUT2D eigenvalue weighted by Gasteiger charge is 2.51. The van der Waals surface area contributed by atoms with Gasteiger partial charge in [0.25, 0.3) is 11.8 Å². The number of amides is 2. The highest BCUT2D eigenvalue weighted by Crippen LogP contribution is 2.53. The lowest BCUT2D eigenvalue weighted by Crippen LogP contribution is -2.37. The summed E-state index contributed by atoms with van der Waals surface area (Å²) >= 11 is 9.95. The van der Waals surface area contributed by atoms with E-state index in [0.29, 0.717) is 41.6 Å². The van der Waals surface area contributed by atoms with Gasteiger partial charge in [0.15, 0.2) is 0 Å². The van der Waals surface area contributed by atoms with Gasteiger partial charge in [-0.05, 0) is 127 Å². The summed E-state index contributed by atoms with van der Waals surface area (Å²) in [6.07, 6.45) is 35.9. The van der Waals surface area contributed by atoms with E-state index in [1.54, 1.807) is 68.0 Å². The van der Waals surface area contributed by atoms with Crippen molar-refractivity contribution in [1.82, 2.24) is 9.80 Å². The molecular weight excluding hydrogens is 1240 g/mol. The summed E-state index contributed by atoms with van der Waals surface area (Å²) < 4.78 is 0. The first-order chi connectivity index (χ1) is 45.0. The van der Waals surface area contributed by atoms with Crippen molar-refractivity contribution >= 4 is 114 Å². The van der Waals surface area contributed by atoms with Crippen molar-refractivity contribution in [1.29, 1.82) is 10.5 Å². The van der Waals surface area contributed by atoms with Crippen molar-refractivity contribution in [3.8, 4) is 31.6 Å². The zero-order valence-corrected chi connectivity index (χ0v) is 61.6. The van der Waals surface area contributed by atoms with E-state index >= 15 is 9.59 Å². The van der Waals surface area contributed by atoms with Gasteiger partial charge in [-0.2, -0.15) is 10.5 Å². The molecule has 0 spiro atoms. The van der Waals surface area contributed by atoms with Crippen LogP contribution in [0.3, 0.4) is 0 Å². The second-order valence-corrected chi connectivity index (χ2v) is 32.2. The SMILES string of the molecule is C=C(CCCCCCC)C(CN1C(=O)C2=C(c3ccc(-c4ccc(C=C(C#N)c5cccs5)s4)s3)N(CC(CCCCCCCC)C(CC)CCCCCCCC)C(=O)C2=C1c1ccc(-c2ccc(C(CCC)=C(C#N)c3cccs3)s2)s1)C(C)CCCCCCC. The molecule has 8 heterocycles. The molecule has 12 heteroatoms. The molecule has 0 aromatic carbocycles. The van der Waals surface area contributed by atoms with Gasteiger partial charge in [-0.15, -0.1) is 68.0 Å². The molecule has 0 aliphatic carbocycles. The summed E-state index contributed by atoms with van der Waals surface area (Å²) in [6, 6.07) is 30.5. The van der Waals surface area contributed by atoms with Gasteiger partial charge >= 0.3 is 0 Å². The number of carbonyl (C=O) groups excluding carboxylic acids is 2. The highest BCUT2D eigenvalue weighted by atomic mass is 32.1. The Morgan fingerprint density at radius 1 is 0.489 bits per heavy atom. The molecule has 0 saturated heterocycles. The molecule has 2 aliphatic rings. The molecule has 92 heavy (non-hydrogen) atoms. The molecule has 0 radical (unpaired) electrons. The number of hydrogen-bond donors (Lipinski definition) is 0. The van der Waals surface area contributed by atoms with Crippen LogP contribution in [0.4, 0.5) is 0 Å². The first-order valence-electron chi connectivity index (χ1n) is 35.6. The second kappa shape index (κ2) is 38.4. The molecule has 0 fully saturated rings. The molecule has 2 aliphatic heterocycles. The summed E-state index contributed by atoms with van der Waals surface area (Å²) in [5.41, 5.74) is 6.36. The monoisotopic (exact) mass is 1340 g/mol. The average Bonchev–Trinajstić information content (AvgIpc) is 1.55. The second-order valence-electron chi connectivity index (χ2n) is 26.0. The van der Waals surface area contributed by atoms with Crippen molar-refractivity contribution < 1.29 is 9.59 Å². The van der Waals surface area contributed by atoms with E-state index in [1.165, 1.54) is 128 Å². The number of allylic oxidation sites excluding steroid dienone is 3. The van der Waals surface area contributed by atoms with Crippen LogP contribution in [0, 0.1) is 46.3 Å². The summed E-state index contributed by atoms with van der Waals surface area (Å²) in [6.45, 7) is 22.0. The summed E-state index contributed by atoms with van der Waals surface area (Å²) in [4.78, 5) is 47.7. The average molecular weight is 1350 g/mol. The molecule has 4 atom stereocenters. The van der Waals surface area contributed by atoms with Crippen LogP contribution in [0.2, 0.25) is 0 Å². The van der Waals surface area contributed by atoms with Crippen LogP contribution in [-0.4, -0.2) is 34.7 Å². The lowest BCUT2D eigenvalue weighted by molar-refractivity contribution is -0.124. The molecule has 0 bridgehead atoms. The number of nitrogens with zero attached hydrogens (tertiary/aromatic N) is 4. The van der Waals surface area contributed by atoms with Crippen LogP contribution in [0.25, 0.3) is 53.7 Å². The smallest absolute Gasteiger partial charge is 0.261 e. The van der Waals surface area contributed by atoms with E-state index in [2.05, 4.69) is 119 Å². The quantitative estimate of drug-likeness (QED) is 0.0217. The Kier molecular flexibility index (Phi) is 30.3. The summed E-state index contributed by atoms with van der Waals surface area (Å²) in [5, 5.41) is 24.9. The van der Waals surface area contributed by atoms with Crippen LogP contribution in [-0.2, 0) is 9.59 Å². The Morgan fingerprint density at radius 2 is 0.967 bits per heavy atom. The predicted octanol–water partition coefficient (Wildman–Crippen LogP) is 26.2. The molecule has 6 nitrogen and oxygen atoms in total. The van der Waals surface area contributed by atoms with Crippen molar-refractivity contribution in [2.24, 2.45) is 23.7 Å². The summed E-state index contributed by atoms with van der Waals surface area (Å²) in [7, 11) is 0. The standard InChI is InChI=1S/C80H104N4O2S6/c1-9-15-19-23-27-31-38-59(14-6)60(39-32-28-24-20-16-10-2)55-83-77(73-48-46-70(91-73)69-43-42-62(89-69)52-61(53-81)66-40-33-50-87-66)75-76(79(83)85)78(84(80(75)86)56-65(57(7)36-29-25-21-17-11-3)58(8)37-30-26-22-18-12-4)74-49-47-72(92-74)71-45-44-68(90-71)63(35-13-5)64(54-82)67-41-34-51-88-67/h33-34,40-52,58-60,65H,7,9-32,35-39,55-56H2,1-6,8H3. The van der Waals surface area contributed by atoms with Crippen LogP contribution in [0.15, 0.2) is 107 Å². The maximum Gasteiger partial charge on any atom is 0.261 e. The van der Waals surface area contributed by atoms with Crippen LogP contribution in [0.5, 0.6) is 0 Å². The van der Waals surface area contributed by atoms with E-state index in [-0.39, 0.29) is 23.7 Å². The fraction of sp³-hybridized carbons (Fsp3) is 0.525. The Hall–Kier alpha value is -5.18. The number of fused-ring (bicyclic) bond motifs is 1. The van der Waals surface area contributed by atoms with Gasteiger partial charge in [0.05, 0.1) is 43.4 Å². The molecule has 492 valence electrons. The normalized spacial score (nSPS) is 15.2. The van der Waals surface area contributed by atoms with Crippen LogP contribution >= 0.6 is 68.0 Å². The fourth-order valence-corrected chi connectivity index (χ4v) is 19.7. The van der Waals surface area contributed by atoms with Gasteiger partial charge in [0.2, 0.25) is 0 Å². The number of carbonyl (C=O) groups is 2. The maximum atomic E-state index is 16.6. The van der Waals surface area contributed by atoms with E-state index in [4.69, 9.17) is 6.58 Å². The summed E-state index contributed by atoms with van der Waals surface area (Å²) in [5.74, 6) is 0.955. The van der Waals surface area contributed by atoms with Crippen LogP contribution < -0.4 is 0 Å². The van der Waals surface area contributed by atoms with Gasteiger partial charge < -0.3 is 9.80 Å². The highest BCUT2D eigenvalue weighted by molar-refractivity contribution is 7.24. The third kappa shape index (κ3) is 19.3. The maximum absolute atomic E-state index is 16.6. The third-order valence-electron chi connectivity index (χ3n) is 19.2. The van der Waals surface area contributed by atoms with Crippen molar-refractivity contribution in [3.05, 3.63) is 136 Å². The zero-order valence-electron chi connectivity index (χ0n) is 56.7. The van der Waals surface area contributed by atoms with Crippen molar-refractivity contribution in [2.45, 2.75) is 235 Å². The van der Waals surface area contributed by atoms with Crippen molar-refractivity contribution in [2.75, 3.05) is 13.1 Å². The minimum Gasteiger partial charge on any atom is -0.306 e. The fourth-order valence-electron chi connectivity index (χ4n) is 13.9. The third-order valence-corrected chi connectivity index (χ3v) is 25.7. The topological polar surface area (TPSA) is 88.2 Å². The van der Waals surface area contributed by atoms with E-state index in [1.807, 2.05) is 41.1 Å². The number of thiophene rings is 6. The van der Waals surface area contributed by atoms with Gasteiger partial charge in [-0.3, -0.25) is 9.59 Å². The number of nitriles is 2. The minimum atomic E-state index is -0.0697.